The van der Waals surface area contributed by atoms with Crippen LogP contribution < -0.4 is 10.2 Å². The van der Waals surface area contributed by atoms with Crippen molar-refractivity contribution >= 4 is 17.7 Å². The number of aromatic carboxylic acids is 1. The van der Waals surface area contributed by atoms with Crippen LogP contribution in [-0.2, 0) is 25.4 Å². The lowest BCUT2D eigenvalue weighted by Crippen LogP contribution is -2.31. The van der Waals surface area contributed by atoms with E-state index in [4.69, 9.17) is 5.11 Å². The van der Waals surface area contributed by atoms with Crippen molar-refractivity contribution in [2.24, 2.45) is 0 Å². The SMILES string of the molecule is C[C@H](NC(=O)c1c(C(F)(F)F)nn2c1N(Cc1cccc(C(F)(F)F)c1)CC2)c1ccc(C(=O)O)c(F)c1. The Morgan fingerprint density at radius 2 is 1.76 bits per heavy atom. The molecule has 0 saturated heterocycles. The van der Waals surface area contributed by atoms with Crippen LogP contribution in [0, 0.1) is 5.82 Å². The molecule has 7 nitrogen and oxygen atoms in total. The molecule has 3 aromatic rings. The maximum Gasteiger partial charge on any atom is 0.436 e. The second-order valence-corrected chi connectivity index (χ2v) is 8.63. The summed E-state index contributed by atoms with van der Waals surface area (Å²) >= 11 is 0. The molecular weight excluding hydrogens is 525 g/mol. The van der Waals surface area contributed by atoms with Crippen molar-refractivity contribution < 1.29 is 45.4 Å². The molecule has 0 aliphatic carbocycles. The molecule has 1 amide bonds. The summed E-state index contributed by atoms with van der Waals surface area (Å²) in [5, 5.41) is 14.9. The number of carboxylic acids is 1. The number of anilines is 1. The van der Waals surface area contributed by atoms with Gasteiger partial charge in [0.25, 0.3) is 5.91 Å². The Morgan fingerprint density at radius 3 is 2.37 bits per heavy atom. The van der Waals surface area contributed by atoms with Gasteiger partial charge >= 0.3 is 18.3 Å². The maximum absolute atomic E-state index is 14.1. The fourth-order valence-corrected chi connectivity index (χ4v) is 4.21. The molecule has 4 rings (SSSR count). The molecule has 2 aromatic carbocycles. The number of rotatable bonds is 6. The number of hydrogen-bond acceptors (Lipinski definition) is 4. The predicted octanol–water partition coefficient (Wildman–Crippen LogP) is 5.27. The molecular formula is C24H19F7N4O3. The van der Waals surface area contributed by atoms with Gasteiger partial charge in [0.05, 0.1) is 23.7 Å². The molecule has 0 saturated carbocycles. The molecule has 0 radical (unpaired) electrons. The van der Waals surface area contributed by atoms with E-state index in [-0.39, 0.29) is 36.6 Å². The first-order chi connectivity index (χ1) is 17.7. The largest absolute Gasteiger partial charge is 0.478 e. The lowest BCUT2D eigenvalue weighted by atomic mass is 10.0. The van der Waals surface area contributed by atoms with E-state index < -0.39 is 58.5 Å². The van der Waals surface area contributed by atoms with E-state index in [1.807, 2.05) is 0 Å². The number of carbonyl (C=O) groups excluding carboxylic acids is 1. The van der Waals surface area contributed by atoms with E-state index in [1.165, 1.54) is 30.0 Å². The Balaban J connectivity index is 1.66. The number of fused-ring (bicyclic) bond motifs is 1. The highest BCUT2D eigenvalue weighted by atomic mass is 19.4. The number of benzene rings is 2. The first kappa shape index (κ1) is 26.9. The lowest BCUT2D eigenvalue weighted by Gasteiger charge is -2.21. The summed E-state index contributed by atoms with van der Waals surface area (Å²) in [6.45, 7) is 1.20. The van der Waals surface area contributed by atoms with E-state index in [2.05, 4.69) is 10.4 Å². The third-order valence-electron chi connectivity index (χ3n) is 6.00. The number of nitrogens with one attached hydrogen (secondary N) is 1. The van der Waals surface area contributed by atoms with Crippen LogP contribution in [0.25, 0.3) is 0 Å². The van der Waals surface area contributed by atoms with Crippen molar-refractivity contribution in [2.75, 3.05) is 11.4 Å². The van der Waals surface area contributed by atoms with Crippen LogP contribution in [0.5, 0.6) is 0 Å². The van der Waals surface area contributed by atoms with Gasteiger partial charge in [-0.25, -0.2) is 13.9 Å². The summed E-state index contributed by atoms with van der Waals surface area (Å²) in [5.74, 6) is -4.01. The van der Waals surface area contributed by atoms with Crippen molar-refractivity contribution in [1.29, 1.82) is 0 Å². The maximum atomic E-state index is 14.1. The summed E-state index contributed by atoms with van der Waals surface area (Å²) < 4.78 is 95.9. The van der Waals surface area contributed by atoms with Crippen LogP contribution in [0.1, 0.15) is 56.1 Å². The van der Waals surface area contributed by atoms with Gasteiger partial charge in [-0.2, -0.15) is 31.4 Å². The zero-order valence-corrected chi connectivity index (χ0v) is 19.5. The normalized spacial score (nSPS) is 14.4. The fraction of sp³-hybridized carbons (Fsp3) is 0.292. The number of alkyl halides is 6. The van der Waals surface area contributed by atoms with Crippen molar-refractivity contribution in [3.8, 4) is 0 Å². The minimum atomic E-state index is -5.02. The zero-order valence-electron chi connectivity index (χ0n) is 19.5. The summed E-state index contributed by atoms with van der Waals surface area (Å²) in [4.78, 5) is 25.5. The monoisotopic (exact) mass is 544 g/mol. The Bertz CT molecular complexity index is 1400. The number of aromatic nitrogens is 2. The molecule has 2 N–H and O–H groups in total. The topological polar surface area (TPSA) is 87.5 Å². The molecule has 1 aliphatic rings. The molecule has 0 spiro atoms. The van der Waals surface area contributed by atoms with Gasteiger partial charge in [-0.15, -0.1) is 0 Å². The number of nitrogens with zero attached hydrogens (tertiary/aromatic N) is 3. The number of amides is 1. The van der Waals surface area contributed by atoms with Gasteiger partial charge in [-0.1, -0.05) is 18.2 Å². The number of hydrogen-bond donors (Lipinski definition) is 2. The van der Waals surface area contributed by atoms with Crippen molar-refractivity contribution in [3.63, 3.8) is 0 Å². The summed E-state index contributed by atoms with van der Waals surface area (Å²) in [6.07, 6.45) is -9.64. The first-order valence-corrected chi connectivity index (χ1v) is 11.1. The van der Waals surface area contributed by atoms with Crippen molar-refractivity contribution in [2.45, 2.75) is 38.4 Å². The van der Waals surface area contributed by atoms with Crippen LogP contribution in [-0.4, -0.2) is 33.3 Å². The van der Waals surface area contributed by atoms with Gasteiger partial charge in [0.2, 0.25) is 0 Å². The average molecular weight is 544 g/mol. The van der Waals surface area contributed by atoms with Gasteiger partial charge in [0.1, 0.15) is 17.2 Å². The predicted molar refractivity (Wildman–Crippen MR) is 119 cm³/mol. The number of carboxylic acid groups (broad SMARTS) is 1. The van der Waals surface area contributed by atoms with Gasteiger partial charge in [-0.05, 0) is 42.3 Å². The molecule has 1 aromatic heterocycles. The molecule has 1 atom stereocenters. The second kappa shape index (κ2) is 9.65. The molecule has 0 bridgehead atoms. The standard InChI is InChI=1S/C24H19F7N4O3/c1-12(14-5-6-16(22(37)38)17(25)10-14)32-20(36)18-19(24(29,30)31)33-35-8-7-34(21(18)35)11-13-3-2-4-15(9-13)23(26,27)28/h2-6,9-10,12H,7-8,11H2,1H3,(H,32,36)(H,37,38)/t12-/m0/s1. The molecule has 38 heavy (non-hydrogen) atoms. The van der Waals surface area contributed by atoms with Gasteiger partial charge < -0.3 is 15.3 Å². The minimum absolute atomic E-state index is 0.0396. The molecule has 202 valence electrons. The quantitative estimate of drug-likeness (QED) is 0.413. The van der Waals surface area contributed by atoms with Crippen LogP contribution in [0.2, 0.25) is 0 Å². The number of halogens is 7. The third kappa shape index (κ3) is 5.29. The highest BCUT2D eigenvalue weighted by Crippen LogP contribution is 2.39. The van der Waals surface area contributed by atoms with Crippen LogP contribution >= 0.6 is 0 Å². The fourth-order valence-electron chi connectivity index (χ4n) is 4.21. The molecule has 0 fully saturated rings. The highest BCUT2D eigenvalue weighted by molar-refractivity contribution is 6.01. The zero-order chi connectivity index (χ0) is 28.0. The van der Waals surface area contributed by atoms with Crippen LogP contribution in [0.4, 0.5) is 36.6 Å². The van der Waals surface area contributed by atoms with Crippen molar-refractivity contribution in [3.05, 3.63) is 81.8 Å². The smallest absolute Gasteiger partial charge is 0.436 e. The lowest BCUT2D eigenvalue weighted by molar-refractivity contribution is -0.142. The summed E-state index contributed by atoms with van der Waals surface area (Å²) in [7, 11) is 0. The van der Waals surface area contributed by atoms with E-state index in [1.54, 1.807) is 0 Å². The van der Waals surface area contributed by atoms with E-state index in [9.17, 15) is 40.3 Å². The summed E-state index contributed by atoms with van der Waals surface area (Å²) in [6, 6.07) is 6.30. The summed E-state index contributed by atoms with van der Waals surface area (Å²) in [5.41, 5.74) is -3.58. The minimum Gasteiger partial charge on any atom is -0.478 e. The van der Waals surface area contributed by atoms with Crippen LogP contribution in [0.3, 0.4) is 0 Å². The van der Waals surface area contributed by atoms with E-state index >= 15 is 0 Å². The van der Waals surface area contributed by atoms with Gasteiger partial charge in [0.15, 0.2) is 5.69 Å². The molecule has 2 heterocycles. The van der Waals surface area contributed by atoms with Gasteiger partial charge in [-0.3, -0.25) is 4.79 Å². The Kier molecular flexibility index (Phi) is 6.84. The third-order valence-corrected chi connectivity index (χ3v) is 6.00. The van der Waals surface area contributed by atoms with E-state index in [0.29, 0.717) is 0 Å². The Labute approximate surface area is 210 Å². The molecule has 14 heteroatoms. The first-order valence-electron chi connectivity index (χ1n) is 11.1. The Hall–Kier alpha value is -4.10. The van der Waals surface area contributed by atoms with Gasteiger partial charge in [0, 0.05) is 13.1 Å². The van der Waals surface area contributed by atoms with Crippen LogP contribution in [0.15, 0.2) is 42.5 Å². The Morgan fingerprint density at radius 1 is 1.05 bits per heavy atom. The van der Waals surface area contributed by atoms with E-state index in [0.717, 1.165) is 28.9 Å². The highest BCUT2D eigenvalue weighted by Gasteiger charge is 2.44. The van der Waals surface area contributed by atoms with Crippen molar-refractivity contribution in [1.82, 2.24) is 15.1 Å². The second-order valence-electron chi connectivity index (χ2n) is 8.63. The average Bonchev–Trinajstić information content (AvgIpc) is 3.38. The number of carbonyl (C=O) groups is 2. The molecule has 0 unspecified atom stereocenters. The molecule has 1 aliphatic heterocycles.